The van der Waals surface area contributed by atoms with Crippen molar-refractivity contribution in [3.8, 4) is 17.0 Å². The van der Waals surface area contributed by atoms with Crippen LogP contribution in [0, 0.1) is 0 Å². The minimum atomic E-state index is -0.383. The van der Waals surface area contributed by atoms with Crippen LogP contribution in [0.4, 0.5) is 10.2 Å². The van der Waals surface area contributed by atoms with Gasteiger partial charge in [0, 0.05) is 12.2 Å². The van der Waals surface area contributed by atoms with Crippen molar-refractivity contribution in [3.63, 3.8) is 0 Å². The van der Waals surface area contributed by atoms with Crippen molar-refractivity contribution in [3.05, 3.63) is 34.6 Å². The second-order valence-corrected chi connectivity index (χ2v) is 7.51. The van der Waals surface area contributed by atoms with Gasteiger partial charge >= 0.3 is 0 Å². The van der Waals surface area contributed by atoms with Gasteiger partial charge in [-0.2, -0.15) is 0 Å². The molecule has 1 aliphatic heterocycles. The number of nitrogens with zero attached hydrogens (tertiary/aromatic N) is 2. The molecule has 6 nitrogen and oxygen atoms in total. The first-order valence-corrected chi connectivity index (χ1v) is 10.7. The van der Waals surface area contributed by atoms with Gasteiger partial charge in [-0.3, -0.25) is 4.39 Å². The highest BCUT2D eigenvalue weighted by atomic mass is 35.5. The molecule has 30 heavy (non-hydrogen) atoms. The highest BCUT2D eigenvalue weighted by Crippen LogP contribution is 2.33. The molecule has 0 unspecified atom stereocenters. The van der Waals surface area contributed by atoms with Crippen LogP contribution in [0.3, 0.4) is 0 Å². The van der Waals surface area contributed by atoms with Crippen LogP contribution in [0.1, 0.15) is 31.7 Å². The molecule has 2 atom stereocenters. The number of aromatic nitrogens is 2. The smallest absolute Gasteiger partial charge is 0.148 e. The van der Waals surface area contributed by atoms with Crippen LogP contribution in [0.2, 0.25) is 5.02 Å². The van der Waals surface area contributed by atoms with E-state index in [-0.39, 0.29) is 18.8 Å². The first-order chi connectivity index (χ1) is 14.6. The van der Waals surface area contributed by atoms with Crippen molar-refractivity contribution in [1.82, 2.24) is 9.97 Å². The number of alkyl halides is 1. The summed E-state index contributed by atoms with van der Waals surface area (Å²) < 4.78 is 29.0. The van der Waals surface area contributed by atoms with E-state index in [2.05, 4.69) is 5.32 Å². The van der Waals surface area contributed by atoms with E-state index in [4.69, 9.17) is 35.8 Å². The maximum absolute atomic E-state index is 12.4. The molecule has 1 N–H and O–H groups in total. The van der Waals surface area contributed by atoms with Crippen molar-refractivity contribution < 1.29 is 18.6 Å². The fourth-order valence-corrected chi connectivity index (χ4v) is 3.70. The van der Waals surface area contributed by atoms with Gasteiger partial charge in [-0.05, 0) is 37.5 Å². The molecule has 0 spiro atoms. The summed E-state index contributed by atoms with van der Waals surface area (Å²) in [6.07, 6.45) is 1.67. The molecule has 0 amide bonds. The van der Waals surface area contributed by atoms with Gasteiger partial charge in [-0.1, -0.05) is 25.4 Å². The molecule has 0 aliphatic carbocycles. The number of benzene rings is 1. The third kappa shape index (κ3) is 5.20. The van der Waals surface area contributed by atoms with Crippen LogP contribution in [-0.4, -0.2) is 55.7 Å². The van der Waals surface area contributed by atoms with Crippen LogP contribution in [-0.2, 0) is 22.3 Å². The van der Waals surface area contributed by atoms with Gasteiger partial charge < -0.3 is 19.5 Å². The number of methoxy groups -OCH3 is 1. The number of ether oxygens (including phenoxy) is 3. The minimum absolute atomic E-state index is 0.0515. The third-order valence-corrected chi connectivity index (χ3v) is 5.41. The monoisotopic (exact) mass is 437 g/mol. The van der Waals surface area contributed by atoms with Crippen molar-refractivity contribution >= 4 is 17.4 Å². The lowest BCUT2D eigenvalue weighted by Gasteiger charge is -2.22. The Morgan fingerprint density at radius 1 is 1.20 bits per heavy atom. The van der Waals surface area contributed by atoms with Gasteiger partial charge in [0.2, 0.25) is 0 Å². The Balaban J connectivity index is 1.88. The maximum atomic E-state index is 12.4. The lowest BCUT2D eigenvalue weighted by molar-refractivity contribution is 0.0361. The van der Waals surface area contributed by atoms with Gasteiger partial charge in [0.1, 0.15) is 17.7 Å². The van der Waals surface area contributed by atoms with Gasteiger partial charge in [0.25, 0.3) is 0 Å². The third-order valence-electron chi connectivity index (χ3n) is 5.10. The Labute approximate surface area is 182 Å². The molecular weight excluding hydrogens is 409 g/mol. The van der Waals surface area contributed by atoms with Crippen molar-refractivity contribution in [2.45, 2.75) is 45.3 Å². The number of nitrogens with one attached hydrogen (secondary N) is 1. The number of hydrogen-bond donors (Lipinski definition) is 1. The summed E-state index contributed by atoms with van der Waals surface area (Å²) in [6.45, 7) is 5.08. The second-order valence-electron chi connectivity index (χ2n) is 7.11. The first-order valence-electron chi connectivity index (χ1n) is 10.4. The van der Waals surface area contributed by atoms with Crippen molar-refractivity contribution in [1.29, 1.82) is 0 Å². The highest BCUT2D eigenvalue weighted by molar-refractivity contribution is 6.33. The largest absolute Gasteiger partial charge is 0.497 e. The SMILES string of the molecule is CCc1nc(-c2ccc(OC)cc2Cl)c(CC)nc1N[C@H]1COC[C@H]1OCCCF. The average Bonchev–Trinajstić information content (AvgIpc) is 3.20. The van der Waals surface area contributed by atoms with Gasteiger partial charge in [-0.25, -0.2) is 9.97 Å². The molecule has 8 heteroatoms. The molecule has 1 saturated heterocycles. The second kappa shape index (κ2) is 10.9. The van der Waals surface area contributed by atoms with E-state index in [9.17, 15) is 4.39 Å². The molecule has 1 aromatic carbocycles. The zero-order valence-electron chi connectivity index (χ0n) is 17.7. The molecule has 0 saturated carbocycles. The van der Waals surface area contributed by atoms with Gasteiger partial charge in [-0.15, -0.1) is 0 Å². The van der Waals surface area contributed by atoms with Crippen LogP contribution in [0.25, 0.3) is 11.3 Å². The number of rotatable bonds is 10. The summed E-state index contributed by atoms with van der Waals surface area (Å²) in [5, 5.41) is 4.03. The van der Waals surface area contributed by atoms with Crippen molar-refractivity contribution in [2.75, 3.05) is 38.9 Å². The quantitative estimate of drug-likeness (QED) is 0.552. The predicted octanol–water partition coefficient (Wildman–Crippen LogP) is 4.49. The molecule has 2 heterocycles. The van der Waals surface area contributed by atoms with Gasteiger partial charge in [0.15, 0.2) is 0 Å². The Hall–Kier alpha value is -1.96. The summed E-state index contributed by atoms with van der Waals surface area (Å²) in [5.74, 6) is 1.43. The Bertz CT molecular complexity index is 853. The van der Waals surface area contributed by atoms with Crippen LogP contribution in [0.5, 0.6) is 5.75 Å². The number of anilines is 1. The van der Waals surface area contributed by atoms with Crippen molar-refractivity contribution in [2.24, 2.45) is 0 Å². The molecule has 1 aromatic heterocycles. The summed E-state index contributed by atoms with van der Waals surface area (Å²) >= 11 is 6.50. The van der Waals surface area contributed by atoms with Gasteiger partial charge in [0.05, 0.1) is 55.1 Å². The molecule has 0 bridgehead atoms. The minimum Gasteiger partial charge on any atom is -0.497 e. The number of aryl methyl sites for hydroxylation is 2. The highest BCUT2D eigenvalue weighted by Gasteiger charge is 2.30. The lowest BCUT2D eigenvalue weighted by atomic mass is 10.1. The standard InChI is InChI=1S/C22H29ClFN3O3/c1-4-17-21(15-8-7-14(28-3)11-16(15)23)25-18(5-2)22(26-17)27-19-12-29-13-20(19)30-10-6-9-24/h7-8,11,19-20H,4-6,9-10,12-13H2,1-3H3,(H,26,27)/t19-,20+/m0/s1. The average molecular weight is 438 g/mol. The van der Waals surface area contributed by atoms with E-state index in [1.165, 1.54) is 0 Å². The van der Waals surface area contributed by atoms with E-state index in [0.29, 0.717) is 49.9 Å². The van der Waals surface area contributed by atoms with E-state index in [1.54, 1.807) is 13.2 Å². The van der Waals surface area contributed by atoms with Crippen LogP contribution >= 0.6 is 11.6 Å². The summed E-state index contributed by atoms with van der Waals surface area (Å²) in [4.78, 5) is 9.79. The summed E-state index contributed by atoms with van der Waals surface area (Å²) in [7, 11) is 1.61. The zero-order chi connectivity index (χ0) is 21.5. The maximum Gasteiger partial charge on any atom is 0.148 e. The predicted molar refractivity (Wildman–Crippen MR) is 116 cm³/mol. The van der Waals surface area contributed by atoms with E-state index >= 15 is 0 Å². The summed E-state index contributed by atoms with van der Waals surface area (Å²) in [6, 6.07) is 5.51. The normalized spacial score (nSPS) is 18.6. The zero-order valence-corrected chi connectivity index (χ0v) is 18.5. The molecule has 0 radical (unpaired) electrons. The van der Waals surface area contributed by atoms with Crippen LogP contribution < -0.4 is 10.1 Å². The van der Waals surface area contributed by atoms with Crippen LogP contribution in [0.15, 0.2) is 18.2 Å². The fourth-order valence-electron chi connectivity index (χ4n) is 3.44. The van der Waals surface area contributed by atoms with E-state index in [0.717, 1.165) is 28.5 Å². The topological polar surface area (TPSA) is 65.5 Å². The molecule has 1 aliphatic rings. The Kier molecular flexibility index (Phi) is 8.24. The fraction of sp³-hybridized carbons (Fsp3) is 0.545. The van der Waals surface area contributed by atoms with E-state index in [1.807, 2.05) is 26.0 Å². The van der Waals surface area contributed by atoms with E-state index < -0.39 is 0 Å². The molecule has 1 fully saturated rings. The Morgan fingerprint density at radius 3 is 2.67 bits per heavy atom. The molecule has 164 valence electrons. The number of hydrogen-bond acceptors (Lipinski definition) is 6. The first kappa shape index (κ1) is 22.7. The Morgan fingerprint density at radius 2 is 2.00 bits per heavy atom. The molecular formula is C22H29ClFN3O3. The molecule has 3 rings (SSSR count). The lowest BCUT2D eigenvalue weighted by Crippen LogP contribution is -2.35. The summed E-state index contributed by atoms with van der Waals surface area (Å²) in [5.41, 5.74) is 3.32. The number of halogens is 2. The molecule has 2 aromatic rings.